The standard InChI is InChI=1S/C19H27N3O2/c1-2-3-4-5-6-10-15-20-17(23)13-14-18-21-22-19(24-18)16-11-8-7-9-12-16/h7-9,11-12H,2-6,10,13-15H2,1H3,(H,20,23). The van der Waals surface area contributed by atoms with Gasteiger partial charge in [-0.1, -0.05) is 57.2 Å². The maximum absolute atomic E-state index is 11.8. The van der Waals surface area contributed by atoms with E-state index in [9.17, 15) is 4.79 Å². The van der Waals surface area contributed by atoms with E-state index in [-0.39, 0.29) is 5.91 Å². The van der Waals surface area contributed by atoms with E-state index < -0.39 is 0 Å². The minimum atomic E-state index is 0.0445. The van der Waals surface area contributed by atoms with Crippen molar-refractivity contribution in [2.75, 3.05) is 6.54 Å². The summed E-state index contributed by atoms with van der Waals surface area (Å²) in [5, 5.41) is 11.0. The molecule has 1 amide bonds. The van der Waals surface area contributed by atoms with Crippen molar-refractivity contribution >= 4 is 5.91 Å². The van der Waals surface area contributed by atoms with Crippen LogP contribution in [-0.4, -0.2) is 22.6 Å². The average Bonchev–Trinajstić information content (AvgIpc) is 3.09. The van der Waals surface area contributed by atoms with Crippen LogP contribution in [0, 0.1) is 0 Å². The lowest BCUT2D eigenvalue weighted by Gasteiger charge is -2.04. The summed E-state index contributed by atoms with van der Waals surface area (Å²) in [6, 6.07) is 9.63. The fourth-order valence-electron chi connectivity index (χ4n) is 2.49. The molecule has 0 spiro atoms. The SMILES string of the molecule is CCCCCCCCNC(=O)CCc1nnc(-c2ccccc2)o1. The Hall–Kier alpha value is -2.17. The predicted molar refractivity (Wildman–Crippen MR) is 94.4 cm³/mol. The van der Waals surface area contributed by atoms with Crippen molar-refractivity contribution in [1.82, 2.24) is 15.5 Å². The number of nitrogens with zero attached hydrogens (tertiary/aromatic N) is 2. The first-order valence-electron chi connectivity index (χ1n) is 8.94. The Morgan fingerprint density at radius 2 is 1.79 bits per heavy atom. The molecule has 0 saturated carbocycles. The van der Waals surface area contributed by atoms with Gasteiger partial charge in [-0.25, -0.2) is 0 Å². The van der Waals surface area contributed by atoms with Crippen molar-refractivity contribution in [3.05, 3.63) is 36.2 Å². The molecule has 5 heteroatoms. The molecule has 2 rings (SSSR count). The van der Waals surface area contributed by atoms with Crippen molar-refractivity contribution in [2.45, 2.75) is 58.3 Å². The monoisotopic (exact) mass is 329 g/mol. The highest BCUT2D eigenvalue weighted by Crippen LogP contribution is 2.17. The van der Waals surface area contributed by atoms with Gasteiger partial charge < -0.3 is 9.73 Å². The molecule has 1 heterocycles. The summed E-state index contributed by atoms with van der Waals surface area (Å²) in [5.74, 6) is 1.05. The zero-order chi connectivity index (χ0) is 17.0. The van der Waals surface area contributed by atoms with Crippen LogP contribution in [0.25, 0.3) is 11.5 Å². The van der Waals surface area contributed by atoms with E-state index in [0.717, 1.165) is 18.5 Å². The van der Waals surface area contributed by atoms with E-state index in [2.05, 4.69) is 22.4 Å². The molecule has 130 valence electrons. The summed E-state index contributed by atoms with van der Waals surface area (Å²) in [6.45, 7) is 2.97. The van der Waals surface area contributed by atoms with Crippen LogP contribution in [0.15, 0.2) is 34.7 Å². The maximum Gasteiger partial charge on any atom is 0.247 e. The van der Waals surface area contributed by atoms with Crippen LogP contribution in [0.3, 0.4) is 0 Å². The Kier molecular flexibility index (Phi) is 8.01. The number of carbonyl (C=O) groups is 1. The van der Waals surface area contributed by atoms with Crippen LogP contribution in [0.1, 0.15) is 57.8 Å². The first-order valence-corrected chi connectivity index (χ1v) is 8.94. The number of aryl methyl sites for hydroxylation is 1. The van der Waals surface area contributed by atoms with Gasteiger partial charge >= 0.3 is 0 Å². The summed E-state index contributed by atoms with van der Waals surface area (Å²) in [7, 11) is 0. The smallest absolute Gasteiger partial charge is 0.247 e. The highest BCUT2D eigenvalue weighted by molar-refractivity contribution is 5.75. The molecule has 0 bridgehead atoms. The molecule has 24 heavy (non-hydrogen) atoms. The van der Waals surface area contributed by atoms with Gasteiger partial charge in [0.15, 0.2) is 0 Å². The molecule has 2 aromatic rings. The highest BCUT2D eigenvalue weighted by atomic mass is 16.4. The number of hydrogen-bond acceptors (Lipinski definition) is 4. The van der Waals surface area contributed by atoms with Gasteiger partial charge in [-0.2, -0.15) is 0 Å². The van der Waals surface area contributed by atoms with Gasteiger partial charge in [0.2, 0.25) is 17.7 Å². The van der Waals surface area contributed by atoms with E-state index >= 15 is 0 Å². The van der Waals surface area contributed by atoms with Crippen LogP contribution in [-0.2, 0) is 11.2 Å². The second kappa shape index (κ2) is 10.6. The summed E-state index contributed by atoms with van der Waals surface area (Å²) in [4.78, 5) is 11.8. The number of nitrogens with one attached hydrogen (secondary N) is 1. The molecule has 0 aliphatic carbocycles. The Balaban J connectivity index is 1.61. The Labute approximate surface area is 143 Å². The number of rotatable bonds is 11. The second-order valence-electron chi connectivity index (χ2n) is 5.98. The maximum atomic E-state index is 11.8. The zero-order valence-corrected chi connectivity index (χ0v) is 14.5. The van der Waals surface area contributed by atoms with Crippen LogP contribution in [0.5, 0.6) is 0 Å². The molecule has 1 aromatic carbocycles. The third-order valence-corrected chi connectivity index (χ3v) is 3.91. The average molecular weight is 329 g/mol. The third-order valence-electron chi connectivity index (χ3n) is 3.91. The summed E-state index contributed by atoms with van der Waals surface area (Å²) in [6.07, 6.45) is 8.21. The van der Waals surface area contributed by atoms with Crippen LogP contribution < -0.4 is 5.32 Å². The highest BCUT2D eigenvalue weighted by Gasteiger charge is 2.10. The first-order chi connectivity index (χ1) is 11.8. The van der Waals surface area contributed by atoms with E-state index in [1.54, 1.807) is 0 Å². The van der Waals surface area contributed by atoms with Gasteiger partial charge in [0, 0.05) is 24.9 Å². The van der Waals surface area contributed by atoms with Gasteiger partial charge in [0.25, 0.3) is 0 Å². The molecular weight excluding hydrogens is 302 g/mol. The minimum absolute atomic E-state index is 0.0445. The third kappa shape index (κ3) is 6.52. The Bertz CT molecular complexity index is 596. The largest absolute Gasteiger partial charge is 0.421 e. The van der Waals surface area contributed by atoms with E-state index in [0.29, 0.717) is 24.6 Å². The van der Waals surface area contributed by atoms with Crippen molar-refractivity contribution in [3.8, 4) is 11.5 Å². The molecular formula is C19H27N3O2. The Morgan fingerprint density at radius 1 is 1.04 bits per heavy atom. The number of carbonyl (C=O) groups excluding carboxylic acids is 1. The number of benzene rings is 1. The minimum Gasteiger partial charge on any atom is -0.421 e. The summed E-state index contributed by atoms with van der Waals surface area (Å²) >= 11 is 0. The quantitative estimate of drug-likeness (QED) is 0.629. The zero-order valence-electron chi connectivity index (χ0n) is 14.5. The van der Waals surface area contributed by atoms with Crippen molar-refractivity contribution in [3.63, 3.8) is 0 Å². The van der Waals surface area contributed by atoms with Gasteiger partial charge in [-0.05, 0) is 18.6 Å². The number of aromatic nitrogens is 2. The van der Waals surface area contributed by atoms with Gasteiger partial charge in [0.05, 0.1) is 0 Å². The van der Waals surface area contributed by atoms with Crippen molar-refractivity contribution < 1.29 is 9.21 Å². The first kappa shape index (κ1) is 18.2. The lowest BCUT2D eigenvalue weighted by Crippen LogP contribution is -2.24. The second-order valence-corrected chi connectivity index (χ2v) is 5.98. The number of hydrogen-bond donors (Lipinski definition) is 1. The molecule has 0 unspecified atom stereocenters. The molecule has 0 aliphatic heterocycles. The molecule has 0 aliphatic rings. The Morgan fingerprint density at radius 3 is 2.58 bits per heavy atom. The molecule has 0 saturated heterocycles. The van der Waals surface area contributed by atoms with Crippen LogP contribution in [0.2, 0.25) is 0 Å². The van der Waals surface area contributed by atoms with Gasteiger partial charge in [-0.3, -0.25) is 4.79 Å². The summed E-state index contributed by atoms with van der Waals surface area (Å²) in [5.41, 5.74) is 0.892. The van der Waals surface area contributed by atoms with E-state index in [4.69, 9.17) is 4.42 Å². The summed E-state index contributed by atoms with van der Waals surface area (Å²) < 4.78 is 5.60. The molecule has 0 fully saturated rings. The fraction of sp³-hybridized carbons (Fsp3) is 0.526. The fourth-order valence-corrected chi connectivity index (χ4v) is 2.49. The lowest BCUT2D eigenvalue weighted by molar-refractivity contribution is -0.121. The predicted octanol–water partition coefficient (Wildman–Crippen LogP) is 4.15. The van der Waals surface area contributed by atoms with Crippen LogP contribution in [0.4, 0.5) is 0 Å². The molecule has 1 N–H and O–H groups in total. The van der Waals surface area contributed by atoms with Gasteiger partial charge in [-0.15, -0.1) is 10.2 Å². The van der Waals surface area contributed by atoms with Crippen LogP contribution >= 0.6 is 0 Å². The lowest BCUT2D eigenvalue weighted by atomic mass is 10.1. The molecule has 0 radical (unpaired) electrons. The topological polar surface area (TPSA) is 68.0 Å². The molecule has 0 atom stereocenters. The molecule has 1 aromatic heterocycles. The van der Waals surface area contributed by atoms with Crippen molar-refractivity contribution in [2.24, 2.45) is 0 Å². The number of unbranched alkanes of at least 4 members (excludes halogenated alkanes) is 5. The van der Waals surface area contributed by atoms with E-state index in [1.807, 2.05) is 30.3 Å². The molecule has 5 nitrogen and oxygen atoms in total. The van der Waals surface area contributed by atoms with Crippen molar-refractivity contribution in [1.29, 1.82) is 0 Å². The van der Waals surface area contributed by atoms with E-state index in [1.165, 1.54) is 32.1 Å². The number of amides is 1. The normalized spacial score (nSPS) is 10.7. The van der Waals surface area contributed by atoms with Gasteiger partial charge in [0.1, 0.15) is 0 Å².